The number of anilines is 1. The van der Waals surface area contributed by atoms with Gasteiger partial charge >= 0.3 is 0 Å². The van der Waals surface area contributed by atoms with Crippen LogP contribution < -0.4 is 9.64 Å². The molecule has 0 unspecified atom stereocenters. The molecule has 1 aromatic carbocycles. The third kappa shape index (κ3) is 3.54. The highest BCUT2D eigenvalue weighted by Crippen LogP contribution is 2.24. The van der Waals surface area contributed by atoms with Gasteiger partial charge in [-0.3, -0.25) is 4.79 Å². The molecule has 0 saturated heterocycles. The van der Waals surface area contributed by atoms with Crippen molar-refractivity contribution in [3.63, 3.8) is 0 Å². The number of hydrogen-bond donors (Lipinski definition) is 0. The van der Waals surface area contributed by atoms with Crippen LogP contribution in [0.15, 0.2) is 42.9 Å². The number of pyridine rings is 1. The molecule has 3 aromatic rings. The molecule has 2 heterocycles. The lowest BCUT2D eigenvalue weighted by Crippen LogP contribution is -2.32. The molecule has 2 aromatic heterocycles. The second kappa shape index (κ2) is 7.56. The van der Waals surface area contributed by atoms with E-state index in [1.165, 1.54) is 0 Å². The maximum atomic E-state index is 13.4. The number of methoxy groups -OCH3 is 1. The Hall–Kier alpha value is -2.89. The third-order valence-corrected chi connectivity index (χ3v) is 4.39. The highest BCUT2D eigenvalue weighted by Gasteiger charge is 2.22. The van der Waals surface area contributed by atoms with Crippen molar-refractivity contribution in [2.24, 2.45) is 13.0 Å². The molecule has 0 aliphatic heterocycles. The van der Waals surface area contributed by atoms with Crippen LogP contribution in [-0.2, 0) is 7.05 Å². The topological polar surface area (TPSA) is 60.2 Å². The van der Waals surface area contributed by atoms with E-state index in [1.54, 1.807) is 25.7 Å². The molecule has 0 bridgehead atoms. The van der Waals surface area contributed by atoms with Crippen LogP contribution in [0.4, 0.5) is 5.69 Å². The highest BCUT2D eigenvalue weighted by molar-refractivity contribution is 6.12. The summed E-state index contributed by atoms with van der Waals surface area (Å²) in [6, 6.07) is 9.30. The van der Waals surface area contributed by atoms with E-state index in [1.807, 2.05) is 40.8 Å². The maximum Gasteiger partial charge on any atom is 0.260 e. The summed E-state index contributed by atoms with van der Waals surface area (Å²) in [5.74, 6) is 1.19. The van der Waals surface area contributed by atoms with Gasteiger partial charge in [0.25, 0.3) is 5.91 Å². The van der Waals surface area contributed by atoms with Gasteiger partial charge in [-0.25, -0.2) is 9.97 Å². The van der Waals surface area contributed by atoms with E-state index < -0.39 is 0 Å². The summed E-state index contributed by atoms with van der Waals surface area (Å²) in [6.45, 7) is 4.94. The van der Waals surface area contributed by atoms with Crippen molar-refractivity contribution in [3.05, 3.63) is 48.4 Å². The molecule has 3 rings (SSSR count). The number of rotatable bonds is 6. The molecule has 26 heavy (non-hydrogen) atoms. The molecule has 0 radical (unpaired) electrons. The highest BCUT2D eigenvalue weighted by atomic mass is 16.5. The van der Waals surface area contributed by atoms with Crippen molar-refractivity contribution in [2.45, 2.75) is 20.3 Å². The Morgan fingerprint density at radius 1 is 1.19 bits per heavy atom. The molecule has 0 saturated carbocycles. The molecule has 0 fully saturated rings. The van der Waals surface area contributed by atoms with Crippen LogP contribution in [0.25, 0.3) is 11.2 Å². The lowest BCUT2D eigenvalue weighted by Gasteiger charge is -2.24. The van der Waals surface area contributed by atoms with Crippen molar-refractivity contribution < 1.29 is 9.53 Å². The number of benzene rings is 1. The summed E-state index contributed by atoms with van der Waals surface area (Å²) in [7, 11) is 3.50. The van der Waals surface area contributed by atoms with Crippen LogP contribution in [0.3, 0.4) is 0 Å². The van der Waals surface area contributed by atoms with E-state index >= 15 is 0 Å². The molecular weight excluding hydrogens is 328 g/mol. The normalized spacial score (nSPS) is 11.1. The van der Waals surface area contributed by atoms with Gasteiger partial charge in [0.2, 0.25) is 0 Å². The standard InChI is InChI=1S/C20H24N4O2/c1-14(2)10-12-24(15-5-7-16(26-4)8-6-15)20(25)17-9-11-21-19-18(17)22-13-23(19)3/h5-9,11,13-14H,10,12H2,1-4H3. The SMILES string of the molecule is COc1ccc(N(CCC(C)C)C(=O)c2ccnc3c2ncn3C)cc1. The molecule has 1 amide bonds. The van der Waals surface area contributed by atoms with Gasteiger partial charge in [0.05, 0.1) is 19.0 Å². The van der Waals surface area contributed by atoms with E-state index in [-0.39, 0.29) is 5.91 Å². The van der Waals surface area contributed by atoms with Gasteiger partial charge in [-0.05, 0) is 42.7 Å². The zero-order valence-electron chi connectivity index (χ0n) is 15.6. The lowest BCUT2D eigenvalue weighted by atomic mass is 10.1. The van der Waals surface area contributed by atoms with Crippen LogP contribution in [-0.4, -0.2) is 34.1 Å². The Kier molecular flexibility index (Phi) is 5.21. The zero-order valence-corrected chi connectivity index (χ0v) is 15.6. The first-order chi connectivity index (χ1) is 12.5. The summed E-state index contributed by atoms with van der Waals surface area (Å²) in [5.41, 5.74) is 2.74. The average molecular weight is 352 g/mol. The second-order valence-electron chi connectivity index (χ2n) is 6.72. The molecule has 0 aliphatic carbocycles. The van der Waals surface area contributed by atoms with E-state index in [0.29, 0.717) is 29.2 Å². The van der Waals surface area contributed by atoms with Crippen LogP contribution in [0.2, 0.25) is 0 Å². The van der Waals surface area contributed by atoms with Gasteiger partial charge in [0, 0.05) is 25.5 Å². The Bertz CT molecular complexity index is 900. The zero-order chi connectivity index (χ0) is 18.7. The van der Waals surface area contributed by atoms with E-state index in [0.717, 1.165) is 17.9 Å². The molecule has 0 spiro atoms. The number of carbonyl (C=O) groups is 1. The van der Waals surface area contributed by atoms with E-state index in [4.69, 9.17) is 4.74 Å². The largest absolute Gasteiger partial charge is 0.497 e. The minimum atomic E-state index is -0.0677. The lowest BCUT2D eigenvalue weighted by molar-refractivity contribution is 0.0987. The monoisotopic (exact) mass is 352 g/mol. The predicted octanol–water partition coefficient (Wildman–Crippen LogP) is 3.67. The van der Waals surface area contributed by atoms with Gasteiger partial charge in [-0.1, -0.05) is 13.8 Å². The number of imidazole rings is 1. The maximum absolute atomic E-state index is 13.4. The molecule has 0 aliphatic rings. The third-order valence-electron chi connectivity index (χ3n) is 4.39. The van der Waals surface area contributed by atoms with Gasteiger partial charge in [-0.2, -0.15) is 0 Å². The number of carbonyl (C=O) groups excluding carboxylic acids is 1. The van der Waals surface area contributed by atoms with Gasteiger partial charge in [0.1, 0.15) is 11.3 Å². The number of aryl methyl sites for hydroxylation is 1. The summed E-state index contributed by atoms with van der Waals surface area (Å²) in [6.07, 6.45) is 4.25. The number of ether oxygens (including phenoxy) is 1. The van der Waals surface area contributed by atoms with Crippen molar-refractivity contribution in [2.75, 3.05) is 18.6 Å². The Labute approximate surface area is 153 Å². The van der Waals surface area contributed by atoms with Crippen LogP contribution in [0.5, 0.6) is 5.75 Å². The quantitative estimate of drug-likeness (QED) is 0.679. The minimum Gasteiger partial charge on any atom is -0.497 e. The molecule has 0 atom stereocenters. The van der Waals surface area contributed by atoms with Gasteiger partial charge in [0.15, 0.2) is 5.65 Å². The molecule has 136 valence electrons. The van der Waals surface area contributed by atoms with Crippen LogP contribution in [0, 0.1) is 5.92 Å². The van der Waals surface area contributed by atoms with Crippen molar-refractivity contribution in [1.82, 2.24) is 14.5 Å². The predicted molar refractivity (Wildman–Crippen MR) is 103 cm³/mol. The minimum absolute atomic E-state index is 0.0677. The Balaban J connectivity index is 2.00. The van der Waals surface area contributed by atoms with Crippen molar-refractivity contribution >= 4 is 22.8 Å². The first-order valence-electron chi connectivity index (χ1n) is 8.73. The second-order valence-corrected chi connectivity index (χ2v) is 6.72. The Morgan fingerprint density at radius 2 is 1.92 bits per heavy atom. The number of nitrogens with zero attached hydrogens (tertiary/aromatic N) is 4. The van der Waals surface area contributed by atoms with Crippen molar-refractivity contribution in [3.8, 4) is 5.75 Å². The number of hydrogen-bond acceptors (Lipinski definition) is 4. The van der Waals surface area contributed by atoms with E-state index in [9.17, 15) is 4.79 Å². The van der Waals surface area contributed by atoms with Crippen LogP contribution >= 0.6 is 0 Å². The fourth-order valence-electron chi connectivity index (χ4n) is 2.84. The van der Waals surface area contributed by atoms with E-state index in [2.05, 4.69) is 23.8 Å². The molecule has 6 nitrogen and oxygen atoms in total. The number of aromatic nitrogens is 3. The van der Waals surface area contributed by atoms with Crippen LogP contribution in [0.1, 0.15) is 30.6 Å². The number of fused-ring (bicyclic) bond motifs is 1. The fraction of sp³-hybridized carbons (Fsp3) is 0.350. The molecular formula is C20H24N4O2. The number of amides is 1. The summed E-state index contributed by atoms with van der Waals surface area (Å²) in [4.78, 5) is 23.9. The summed E-state index contributed by atoms with van der Waals surface area (Å²) >= 11 is 0. The fourth-order valence-corrected chi connectivity index (χ4v) is 2.84. The van der Waals surface area contributed by atoms with Gasteiger partial charge < -0.3 is 14.2 Å². The summed E-state index contributed by atoms with van der Waals surface area (Å²) in [5, 5.41) is 0. The average Bonchev–Trinajstić information content (AvgIpc) is 3.03. The summed E-state index contributed by atoms with van der Waals surface area (Å²) < 4.78 is 7.05. The van der Waals surface area contributed by atoms with Gasteiger partial charge in [-0.15, -0.1) is 0 Å². The molecule has 6 heteroatoms. The molecule has 0 N–H and O–H groups in total. The smallest absolute Gasteiger partial charge is 0.260 e. The first-order valence-corrected chi connectivity index (χ1v) is 8.73. The van der Waals surface area contributed by atoms with Crippen molar-refractivity contribution in [1.29, 1.82) is 0 Å². The first kappa shape index (κ1) is 17.9. The Morgan fingerprint density at radius 3 is 2.58 bits per heavy atom.